The summed E-state index contributed by atoms with van der Waals surface area (Å²) >= 11 is 2.52. The maximum atomic E-state index is 2.52. The number of hydrogen-bond acceptors (Lipinski definition) is 0. The molecule has 0 N–H and O–H groups in total. The minimum Gasteiger partial charge on any atom is -0.309 e. The minimum atomic E-state index is 1.17. The van der Waals surface area contributed by atoms with Crippen LogP contribution in [0.3, 0.4) is 0 Å². The number of halogens is 1. The van der Waals surface area contributed by atoms with E-state index in [1.807, 2.05) is 0 Å². The molecule has 0 atom stereocenters. The second-order valence-corrected chi connectivity index (χ2v) is 12.6. The standard InChI is InChI=1S/C42H27IN2/c43-42-32(28-20-24-30(25-21-28)44-38-16-5-1-10-34(38)35-11-2-6-17-39(35)44)14-9-15-33(42)29-22-26-31(27-23-29)45-40-18-7-3-12-36(40)37-13-4-8-19-41(37)45/h1-27H. The van der Waals surface area contributed by atoms with Crippen molar-refractivity contribution in [3.05, 3.63) is 167 Å². The number of hydrogen-bond donors (Lipinski definition) is 0. The summed E-state index contributed by atoms with van der Waals surface area (Å²) in [5.74, 6) is 0. The number of fused-ring (bicyclic) bond motifs is 6. The molecule has 2 heterocycles. The Morgan fingerprint density at radius 3 is 0.956 bits per heavy atom. The average Bonchev–Trinajstić information content (AvgIpc) is 3.62. The SMILES string of the molecule is Ic1c(-c2ccc(-n3c4ccccc4c4ccccc43)cc2)cccc1-c1ccc(-n2c3ccccc3c3ccccc32)cc1. The lowest BCUT2D eigenvalue weighted by atomic mass is 9.98. The van der Waals surface area contributed by atoms with E-state index in [4.69, 9.17) is 0 Å². The van der Waals surface area contributed by atoms with E-state index in [0.29, 0.717) is 0 Å². The van der Waals surface area contributed by atoms with Gasteiger partial charge in [-0.05, 0) is 93.4 Å². The first kappa shape index (κ1) is 26.3. The Morgan fingerprint density at radius 2 is 0.622 bits per heavy atom. The molecule has 2 nitrogen and oxygen atoms in total. The van der Waals surface area contributed by atoms with Gasteiger partial charge in [0.1, 0.15) is 0 Å². The van der Waals surface area contributed by atoms with Crippen LogP contribution in [0.4, 0.5) is 0 Å². The molecule has 0 fully saturated rings. The first-order chi connectivity index (χ1) is 22.3. The molecule has 2 aromatic heterocycles. The average molecular weight is 687 g/mol. The molecule has 212 valence electrons. The Balaban J connectivity index is 1.09. The van der Waals surface area contributed by atoms with Crippen molar-refractivity contribution in [2.24, 2.45) is 0 Å². The summed E-state index contributed by atoms with van der Waals surface area (Å²) < 4.78 is 5.99. The molecule has 0 aliphatic rings. The Kier molecular flexibility index (Phi) is 6.13. The van der Waals surface area contributed by atoms with Crippen LogP contribution in [0.5, 0.6) is 0 Å². The molecule has 0 radical (unpaired) electrons. The summed E-state index contributed by atoms with van der Waals surface area (Å²) in [5.41, 5.74) is 12.2. The highest BCUT2D eigenvalue weighted by atomic mass is 127. The van der Waals surface area contributed by atoms with E-state index in [9.17, 15) is 0 Å². The number of aromatic nitrogens is 2. The van der Waals surface area contributed by atoms with Crippen molar-refractivity contribution < 1.29 is 0 Å². The molecular formula is C42H27IN2. The van der Waals surface area contributed by atoms with Gasteiger partial charge in [0.15, 0.2) is 0 Å². The fourth-order valence-electron chi connectivity index (χ4n) is 6.96. The van der Waals surface area contributed by atoms with Crippen molar-refractivity contribution in [2.45, 2.75) is 0 Å². The molecule has 0 aliphatic heterocycles. The van der Waals surface area contributed by atoms with Crippen LogP contribution in [0, 0.1) is 3.57 Å². The first-order valence-electron chi connectivity index (χ1n) is 15.2. The number of para-hydroxylation sites is 4. The lowest BCUT2D eigenvalue weighted by molar-refractivity contribution is 1.18. The largest absolute Gasteiger partial charge is 0.309 e. The molecule has 0 bridgehead atoms. The Bertz CT molecular complexity index is 2250. The molecular weight excluding hydrogens is 659 g/mol. The topological polar surface area (TPSA) is 9.86 Å². The van der Waals surface area contributed by atoms with E-state index in [1.165, 1.54) is 80.8 Å². The monoisotopic (exact) mass is 686 g/mol. The highest BCUT2D eigenvalue weighted by Gasteiger charge is 2.15. The van der Waals surface area contributed by atoms with Crippen LogP contribution >= 0.6 is 22.6 Å². The van der Waals surface area contributed by atoms with Crippen LogP contribution in [-0.2, 0) is 0 Å². The number of nitrogens with zero attached hydrogens (tertiary/aromatic N) is 2. The van der Waals surface area contributed by atoms with Crippen molar-refractivity contribution in [1.82, 2.24) is 9.13 Å². The van der Waals surface area contributed by atoms with Crippen LogP contribution in [0.25, 0.3) is 77.2 Å². The summed E-state index contributed by atoms with van der Waals surface area (Å²) in [5, 5.41) is 5.12. The second-order valence-electron chi connectivity index (χ2n) is 11.5. The van der Waals surface area contributed by atoms with Crippen molar-refractivity contribution in [2.75, 3.05) is 0 Å². The van der Waals surface area contributed by atoms with Gasteiger partial charge in [0.05, 0.1) is 22.1 Å². The zero-order valence-corrected chi connectivity index (χ0v) is 26.5. The first-order valence-corrected chi connectivity index (χ1v) is 16.3. The smallest absolute Gasteiger partial charge is 0.0541 e. The lowest BCUT2D eigenvalue weighted by Crippen LogP contribution is -1.95. The summed E-state index contributed by atoms with van der Waals surface area (Å²) in [7, 11) is 0. The third kappa shape index (κ3) is 4.15. The fourth-order valence-corrected chi connectivity index (χ4v) is 7.94. The second kappa shape index (κ2) is 10.5. The predicted octanol–water partition coefficient (Wildman–Crippen LogP) is 11.8. The van der Waals surface area contributed by atoms with Gasteiger partial charge in [0.2, 0.25) is 0 Å². The Labute approximate surface area is 274 Å². The van der Waals surface area contributed by atoms with Gasteiger partial charge in [-0.1, -0.05) is 115 Å². The van der Waals surface area contributed by atoms with Gasteiger partial charge < -0.3 is 9.13 Å². The molecule has 0 unspecified atom stereocenters. The van der Waals surface area contributed by atoms with E-state index < -0.39 is 0 Å². The zero-order valence-electron chi connectivity index (χ0n) is 24.4. The van der Waals surface area contributed by atoms with Crippen LogP contribution in [0.1, 0.15) is 0 Å². The maximum absolute atomic E-state index is 2.52. The quantitative estimate of drug-likeness (QED) is 0.163. The molecule has 0 amide bonds. The van der Waals surface area contributed by atoms with Gasteiger partial charge in [0, 0.05) is 36.5 Å². The molecule has 9 rings (SSSR count). The third-order valence-corrected chi connectivity index (χ3v) is 10.2. The van der Waals surface area contributed by atoms with Crippen molar-refractivity contribution in [3.63, 3.8) is 0 Å². The summed E-state index contributed by atoms with van der Waals surface area (Å²) in [6.45, 7) is 0. The molecule has 3 heteroatoms. The molecule has 7 aromatic carbocycles. The van der Waals surface area contributed by atoms with Crippen LogP contribution in [-0.4, -0.2) is 9.13 Å². The summed E-state index contributed by atoms with van der Waals surface area (Å²) in [6.07, 6.45) is 0. The minimum absolute atomic E-state index is 1.17. The van der Waals surface area contributed by atoms with E-state index >= 15 is 0 Å². The van der Waals surface area contributed by atoms with E-state index in [2.05, 4.69) is 196 Å². The fraction of sp³-hybridized carbons (Fsp3) is 0. The van der Waals surface area contributed by atoms with E-state index in [1.54, 1.807) is 0 Å². The Morgan fingerprint density at radius 1 is 0.311 bits per heavy atom. The zero-order chi connectivity index (χ0) is 29.9. The molecule has 9 aromatic rings. The normalized spacial score (nSPS) is 11.7. The lowest BCUT2D eigenvalue weighted by Gasteiger charge is -2.14. The van der Waals surface area contributed by atoms with Gasteiger partial charge >= 0.3 is 0 Å². The van der Waals surface area contributed by atoms with E-state index in [0.717, 1.165) is 0 Å². The van der Waals surface area contributed by atoms with Crippen molar-refractivity contribution in [1.29, 1.82) is 0 Å². The summed E-state index contributed by atoms with van der Waals surface area (Å²) in [6, 6.07) is 59.3. The van der Waals surface area contributed by atoms with Gasteiger partial charge in [0.25, 0.3) is 0 Å². The summed E-state index contributed by atoms with van der Waals surface area (Å²) in [4.78, 5) is 0. The highest BCUT2D eigenvalue weighted by Crippen LogP contribution is 2.37. The van der Waals surface area contributed by atoms with E-state index in [-0.39, 0.29) is 0 Å². The van der Waals surface area contributed by atoms with Gasteiger partial charge in [-0.25, -0.2) is 0 Å². The highest BCUT2D eigenvalue weighted by molar-refractivity contribution is 14.1. The van der Waals surface area contributed by atoms with Gasteiger partial charge in [-0.3, -0.25) is 0 Å². The van der Waals surface area contributed by atoms with Gasteiger partial charge in [-0.15, -0.1) is 0 Å². The molecule has 0 saturated carbocycles. The number of rotatable bonds is 4. The Hall–Kier alpha value is -5.13. The third-order valence-electron chi connectivity index (χ3n) is 9.03. The molecule has 45 heavy (non-hydrogen) atoms. The number of benzene rings is 7. The predicted molar refractivity (Wildman–Crippen MR) is 199 cm³/mol. The van der Waals surface area contributed by atoms with Crippen molar-refractivity contribution >= 4 is 66.2 Å². The molecule has 0 aliphatic carbocycles. The molecule has 0 spiro atoms. The molecule has 0 saturated heterocycles. The maximum Gasteiger partial charge on any atom is 0.0541 e. The van der Waals surface area contributed by atoms with Crippen LogP contribution in [0.15, 0.2) is 164 Å². The van der Waals surface area contributed by atoms with Crippen molar-refractivity contribution in [3.8, 4) is 33.6 Å². The van der Waals surface area contributed by atoms with Crippen LogP contribution < -0.4 is 0 Å². The van der Waals surface area contributed by atoms with Gasteiger partial charge in [-0.2, -0.15) is 0 Å². The van der Waals surface area contributed by atoms with Crippen LogP contribution in [0.2, 0.25) is 0 Å².